The van der Waals surface area contributed by atoms with Crippen LogP contribution in [0.2, 0.25) is 0 Å². The molecular formula is C10H18O4. The Balaban J connectivity index is 3.53. The van der Waals surface area contributed by atoms with E-state index in [1.807, 2.05) is 13.8 Å². The summed E-state index contributed by atoms with van der Waals surface area (Å²) in [6.07, 6.45) is 1.45. The fourth-order valence-corrected chi connectivity index (χ4v) is 0.651. The summed E-state index contributed by atoms with van der Waals surface area (Å²) < 4.78 is 14.6. The van der Waals surface area contributed by atoms with E-state index in [1.165, 1.54) is 6.08 Å². The van der Waals surface area contributed by atoms with Crippen molar-refractivity contribution < 1.29 is 19.0 Å². The summed E-state index contributed by atoms with van der Waals surface area (Å²) in [5.41, 5.74) is -0.279. The second-order valence-corrected chi connectivity index (χ2v) is 3.41. The third-order valence-corrected chi connectivity index (χ3v) is 1.80. The fraction of sp³-hybridized carbons (Fsp3) is 0.700. The van der Waals surface area contributed by atoms with Crippen LogP contribution in [0, 0.1) is 0 Å². The van der Waals surface area contributed by atoms with Gasteiger partial charge in [0.05, 0.1) is 12.2 Å². The summed E-state index contributed by atoms with van der Waals surface area (Å²) in [7, 11) is 1.62. The smallest absolute Gasteiger partial charge is 0.434 e. The molecule has 0 amide bonds. The number of carbonyl (C=O) groups is 1. The lowest BCUT2D eigenvalue weighted by atomic mass is 10.1. The van der Waals surface area contributed by atoms with E-state index in [4.69, 9.17) is 9.47 Å². The zero-order valence-electron chi connectivity index (χ0n) is 9.04. The van der Waals surface area contributed by atoms with E-state index in [9.17, 15) is 4.79 Å². The molecule has 0 saturated heterocycles. The van der Waals surface area contributed by atoms with Crippen LogP contribution in [0.4, 0.5) is 4.79 Å². The molecule has 0 unspecified atom stereocenters. The van der Waals surface area contributed by atoms with Gasteiger partial charge >= 0.3 is 6.16 Å². The Bertz CT molecular complexity index is 187. The minimum atomic E-state index is -0.670. The van der Waals surface area contributed by atoms with Crippen molar-refractivity contribution in [1.29, 1.82) is 0 Å². The molecule has 4 nitrogen and oxygen atoms in total. The summed E-state index contributed by atoms with van der Waals surface area (Å²) in [6.45, 7) is 7.72. The molecule has 0 rings (SSSR count). The lowest BCUT2D eigenvalue weighted by molar-refractivity contribution is -0.00874. The first-order valence-electron chi connectivity index (χ1n) is 4.47. The maximum atomic E-state index is 10.8. The molecule has 0 aromatic heterocycles. The number of ether oxygens (including phenoxy) is 3. The fourth-order valence-electron chi connectivity index (χ4n) is 0.651. The van der Waals surface area contributed by atoms with Crippen LogP contribution in [0.25, 0.3) is 0 Å². The zero-order valence-corrected chi connectivity index (χ0v) is 9.04. The first-order chi connectivity index (χ1) is 6.52. The highest BCUT2D eigenvalue weighted by atomic mass is 16.7. The molecular weight excluding hydrogens is 184 g/mol. The van der Waals surface area contributed by atoms with E-state index in [-0.39, 0.29) is 18.8 Å². The maximum Gasteiger partial charge on any atom is 0.508 e. The molecule has 0 atom stereocenters. The minimum absolute atomic E-state index is 0.173. The van der Waals surface area contributed by atoms with Gasteiger partial charge in [-0.25, -0.2) is 4.79 Å². The number of rotatable bonds is 6. The van der Waals surface area contributed by atoms with Crippen LogP contribution in [0.3, 0.4) is 0 Å². The van der Waals surface area contributed by atoms with E-state index in [1.54, 1.807) is 7.11 Å². The second-order valence-electron chi connectivity index (χ2n) is 3.41. The Morgan fingerprint density at radius 1 is 1.43 bits per heavy atom. The van der Waals surface area contributed by atoms with E-state index in [2.05, 4.69) is 11.3 Å². The summed E-state index contributed by atoms with van der Waals surface area (Å²) in [5.74, 6) is 0. The molecule has 4 heteroatoms. The highest BCUT2D eigenvalue weighted by molar-refractivity contribution is 5.59. The van der Waals surface area contributed by atoms with Gasteiger partial charge in [-0.3, -0.25) is 0 Å². The normalized spacial score (nSPS) is 10.8. The van der Waals surface area contributed by atoms with Crippen LogP contribution in [-0.2, 0) is 14.2 Å². The molecule has 0 aliphatic carbocycles. The molecule has 14 heavy (non-hydrogen) atoms. The van der Waals surface area contributed by atoms with Crippen LogP contribution in [0.1, 0.15) is 20.3 Å². The lowest BCUT2D eigenvalue weighted by Gasteiger charge is -2.21. The highest BCUT2D eigenvalue weighted by Crippen LogP contribution is 2.12. The Labute approximate surface area is 84.8 Å². The molecule has 0 aromatic rings. The Morgan fingerprint density at radius 3 is 2.57 bits per heavy atom. The molecule has 82 valence electrons. The Morgan fingerprint density at radius 2 is 2.07 bits per heavy atom. The molecule has 0 bridgehead atoms. The third kappa shape index (κ3) is 6.48. The first-order valence-corrected chi connectivity index (χ1v) is 4.47. The predicted molar refractivity (Wildman–Crippen MR) is 53.2 cm³/mol. The monoisotopic (exact) mass is 202 g/mol. The summed E-state index contributed by atoms with van der Waals surface area (Å²) >= 11 is 0. The van der Waals surface area contributed by atoms with Gasteiger partial charge in [-0.15, -0.1) is 0 Å². The molecule has 0 aromatic carbocycles. The average molecular weight is 202 g/mol. The van der Waals surface area contributed by atoms with Gasteiger partial charge in [-0.05, 0) is 13.8 Å². The Hall–Kier alpha value is -1.03. The van der Waals surface area contributed by atoms with Crippen LogP contribution >= 0.6 is 0 Å². The molecule has 0 fully saturated rings. The standard InChI is InChI=1S/C10H18O4/c1-5-7-13-9(11)14-8-6-10(2,3)12-4/h5H,1,6-8H2,2-4H3. The van der Waals surface area contributed by atoms with E-state index in [0.717, 1.165) is 0 Å². The van der Waals surface area contributed by atoms with Gasteiger partial charge in [0.15, 0.2) is 0 Å². The van der Waals surface area contributed by atoms with Crippen molar-refractivity contribution in [3.63, 3.8) is 0 Å². The summed E-state index contributed by atoms with van der Waals surface area (Å²) in [6, 6.07) is 0. The number of hydrogen-bond donors (Lipinski definition) is 0. The molecule has 0 saturated carbocycles. The number of methoxy groups -OCH3 is 1. The number of hydrogen-bond acceptors (Lipinski definition) is 4. The van der Waals surface area contributed by atoms with E-state index in [0.29, 0.717) is 6.42 Å². The molecule has 0 aliphatic rings. The van der Waals surface area contributed by atoms with Gasteiger partial charge in [-0.2, -0.15) is 0 Å². The van der Waals surface area contributed by atoms with Gasteiger partial charge in [0.25, 0.3) is 0 Å². The van der Waals surface area contributed by atoms with Crippen LogP contribution in [0.15, 0.2) is 12.7 Å². The topological polar surface area (TPSA) is 44.8 Å². The maximum absolute atomic E-state index is 10.8. The van der Waals surface area contributed by atoms with Crippen molar-refractivity contribution in [3.8, 4) is 0 Å². The van der Waals surface area contributed by atoms with Crippen LogP contribution in [-0.4, -0.2) is 32.1 Å². The van der Waals surface area contributed by atoms with Crippen molar-refractivity contribution >= 4 is 6.16 Å². The van der Waals surface area contributed by atoms with Crippen molar-refractivity contribution in [2.24, 2.45) is 0 Å². The van der Waals surface area contributed by atoms with E-state index < -0.39 is 6.16 Å². The SMILES string of the molecule is C=CCOC(=O)OCCC(C)(C)OC. The molecule has 0 N–H and O–H groups in total. The third-order valence-electron chi connectivity index (χ3n) is 1.80. The van der Waals surface area contributed by atoms with Crippen LogP contribution < -0.4 is 0 Å². The van der Waals surface area contributed by atoms with Gasteiger partial charge in [-0.1, -0.05) is 12.7 Å². The van der Waals surface area contributed by atoms with Gasteiger partial charge in [0.2, 0.25) is 0 Å². The summed E-state index contributed by atoms with van der Waals surface area (Å²) in [4.78, 5) is 10.8. The minimum Gasteiger partial charge on any atom is -0.434 e. The average Bonchev–Trinajstić information content (AvgIpc) is 2.14. The predicted octanol–water partition coefficient (Wildman–Crippen LogP) is 2.14. The van der Waals surface area contributed by atoms with Gasteiger partial charge in [0, 0.05) is 13.5 Å². The van der Waals surface area contributed by atoms with Crippen molar-refractivity contribution in [2.75, 3.05) is 20.3 Å². The molecule has 0 radical (unpaired) electrons. The van der Waals surface area contributed by atoms with Gasteiger partial charge < -0.3 is 14.2 Å². The Kier molecular flexibility index (Phi) is 5.95. The molecule has 0 spiro atoms. The lowest BCUT2D eigenvalue weighted by Crippen LogP contribution is -2.25. The quantitative estimate of drug-likeness (QED) is 0.489. The van der Waals surface area contributed by atoms with Crippen molar-refractivity contribution in [3.05, 3.63) is 12.7 Å². The first kappa shape index (κ1) is 13.0. The second kappa shape index (κ2) is 6.43. The summed E-state index contributed by atoms with van der Waals surface area (Å²) in [5, 5.41) is 0. The van der Waals surface area contributed by atoms with Crippen molar-refractivity contribution in [2.45, 2.75) is 25.9 Å². The van der Waals surface area contributed by atoms with E-state index >= 15 is 0 Å². The van der Waals surface area contributed by atoms with Crippen molar-refractivity contribution in [1.82, 2.24) is 0 Å². The van der Waals surface area contributed by atoms with Gasteiger partial charge in [0.1, 0.15) is 6.61 Å². The zero-order chi connectivity index (χ0) is 11.0. The largest absolute Gasteiger partial charge is 0.508 e. The highest BCUT2D eigenvalue weighted by Gasteiger charge is 2.16. The molecule has 0 heterocycles. The molecule has 0 aliphatic heterocycles. The van der Waals surface area contributed by atoms with Crippen LogP contribution in [0.5, 0.6) is 0 Å². The number of carbonyl (C=O) groups excluding carboxylic acids is 1.